The largest absolute Gasteiger partial charge is 0.444 e. The molecule has 0 unspecified atom stereocenters. The molecule has 21 heavy (non-hydrogen) atoms. The van der Waals surface area contributed by atoms with Crippen LogP contribution in [0.25, 0.3) is 11.3 Å². The molecule has 0 saturated heterocycles. The van der Waals surface area contributed by atoms with Gasteiger partial charge in [-0.1, -0.05) is 11.6 Å². The molecule has 1 amide bonds. The molecule has 1 aromatic carbocycles. The minimum Gasteiger partial charge on any atom is -0.444 e. The molecule has 3 rings (SSSR count). The van der Waals surface area contributed by atoms with Crippen molar-refractivity contribution in [1.29, 1.82) is 0 Å². The lowest BCUT2D eigenvalue weighted by Crippen LogP contribution is -2.14. The number of halogens is 1. The van der Waals surface area contributed by atoms with Gasteiger partial charge in [-0.05, 0) is 36.4 Å². The van der Waals surface area contributed by atoms with Crippen LogP contribution in [-0.4, -0.2) is 21.1 Å². The third-order valence-corrected chi connectivity index (χ3v) is 2.93. The number of rotatable bonds is 3. The maximum absolute atomic E-state index is 12.0. The van der Waals surface area contributed by atoms with Gasteiger partial charge < -0.3 is 9.73 Å². The van der Waals surface area contributed by atoms with Gasteiger partial charge in [-0.3, -0.25) is 4.79 Å². The fraction of sp³-hybridized carbons (Fsp3) is 0. The zero-order valence-electron chi connectivity index (χ0n) is 10.7. The predicted molar refractivity (Wildman–Crippen MR) is 76.9 cm³/mol. The normalized spacial score (nSPS) is 10.3. The van der Waals surface area contributed by atoms with E-state index in [1.54, 1.807) is 18.3 Å². The molecule has 1 N–H and O–H groups in total. The van der Waals surface area contributed by atoms with Gasteiger partial charge >= 0.3 is 0 Å². The monoisotopic (exact) mass is 300 g/mol. The average Bonchev–Trinajstić information content (AvgIpc) is 3.03. The van der Waals surface area contributed by atoms with Crippen LogP contribution >= 0.6 is 11.6 Å². The van der Waals surface area contributed by atoms with Crippen LogP contribution in [0.5, 0.6) is 0 Å². The third kappa shape index (κ3) is 3.06. The molecule has 0 aliphatic rings. The Hall–Kier alpha value is -2.73. The highest BCUT2D eigenvalue weighted by Gasteiger charge is 2.09. The summed E-state index contributed by atoms with van der Waals surface area (Å²) in [5, 5.41) is 10.3. The zero-order chi connectivity index (χ0) is 14.7. The van der Waals surface area contributed by atoms with Gasteiger partial charge in [-0.2, -0.15) is 0 Å². The Labute approximate surface area is 124 Å². The molecule has 7 heteroatoms. The first kappa shape index (κ1) is 13.3. The van der Waals surface area contributed by atoms with Crippen LogP contribution in [0.15, 0.2) is 53.4 Å². The van der Waals surface area contributed by atoms with Crippen LogP contribution in [0.3, 0.4) is 0 Å². The molecule has 104 valence electrons. The van der Waals surface area contributed by atoms with Crippen molar-refractivity contribution >= 4 is 23.2 Å². The number of amides is 1. The van der Waals surface area contributed by atoms with Crippen LogP contribution in [0.1, 0.15) is 10.5 Å². The summed E-state index contributed by atoms with van der Waals surface area (Å²) in [4.78, 5) is 15.8. The number of aromatic nitrogens is 3. The fourth-order valence-corrected chi connectivity index (χ4v) is 1.81. The number of hydrogen-bond acceptors (Lipinski definition) is 5. The Morgan fingerprint density at radius 2 is 1.90 bits per heavy atom. The van der Waals surface area contributed by atoms with E-state index in [-0.39, 0.29) is 16.8 Å². The summed E-state index contributed by atoms with van der Waals surface area (Å²) in [6.07, 6.45) is 2.99. The molecule has 2 aromatic heterocycles. The molecule has 0 radical (unpaired) electrons. The number of carbonyl (C=O) groups is 1. The van der Waals surface area contributed by atoms with E-state index < -0.39 is 0 Å². The van der Waals surface area contributed by atoms with Gasteiger partial charge in [0, 0.05) is 11.3 Å². The summed E-state index contributed by atoms with van der Waals surface area (Å²) < 4.78 is 5.19. The third-order valence-electron chi connectivity index (χ3n) is 2.72. The van der Waals surface area contributed by atoms with Crippen LogP contribution in [0.4, 0.5) is 5.69 Å². The predicted octanol–water partition coefficient (Wildman–Crippen LogP) is 3.04. The Balaban J connectivity index is 1.73. The van der Waals surface area contributed by atoms with E-state index in [9.17, 15) is 4.79 Å². The van der Waals surface area contributed by atoms with E-state index in [1.165, 1.54) is 18.5 Å². The first-order valence-electron chi connectivity index (χ1n) is 6.02. The molecule has 2 heterocycles. The van der Waals surface area contributed by atoms with E-state index in [4.69, 9.17) is 16.0 Å². The van der Waals surface area contributed by atoms with E-state index in [2.05, 4.69) is 20.5 Å². The second kappa shape index (κ2) is 5.72. The van der Waals surface area contributed by atoms with Gasteiger partial charge in [0.2, 0.25) is 0 Å². The molecule has 3 aromatic rings. The number of oxazole rings is 1. The number of anilines is 1. The average molecular weight is 301 g/mol. The van der Waals surface area contributed by atoms with Crippen LogP contribution in [0, 0.1) is 0 Å². The number of benzene rings is 1. The lowest BCUT2D eigenvalue weighted by molar-refractivity contribution is 0.102. The molecule has 0 aliphatic carbocycles. The standard InChI is InChI=1S/C14H9ClN4O2/c15-13-6-5-11(18-19-13)14(20)17-10-3-1-9(2-4-10)12-7-16-8-21-12/h1-8H,(H,17,20). The van der Waals surface area contributed by atoms with E-state index in [1.807, 2.05) is 12.1 Å². The summed E-state index contributed by atoms with van der Waals surface area (Å²) >= 11 is 5.62. The minimum atomic E-state index is -0.355. The summed E-state index contributed by atoms with van der Waals surface area (Å²) in [7, 11) is 0. The Bertz CT molecular complexity index is 740. The quantitative estimate of drug-likeness (QED) is 0.804. The first-order valence-corrected chi connectivity index (χ1v) is 6.40. The van der Waals surface area contributed by atoms with Crippen molar-refractivity contribution in [2.24, 2.45) is 0 Å². The van der Waals surface area contributed by atoms with Crippen molar-refractivity contribution in [1.82, 2.24) is 15.2 Å². The summed E-state index contributed by atoms with van der Waals surface area (Å²) in [6.45, 7) is 0. The van der Waals surface area contributed by atoms with Gasteiger partial charge in [-0.25, -0.2) is 4.98 Å². The smallest absolute Gasteiger partial charge is 0.276 e. The lowest BCUT2D eigenvalue weighted by atomic mass is 10.1. The van der Waals surface area contributed by atoms with Gasteiger partial charge in [-0.15, -0.1) is 10.2 Å². The molecule has 0 spiro atoms. The number of nitrogens with zero attached hydrogens (tertiary/aromatic N) is 3. The van der Waals surface area contributed by atoms with Gasteiger partial charge in [0.25, 0.3) is 5.91 Å². The molecule has 0 aliphatic heterocycles. The van der Waals surface area contributed by atoms with Crippen molar-refractivity contribution < 1.29 is 9.21 Å². The number of nitrogens with one attached hydrogen (secondary N) is 1. The molecule has 0 fully saturated rings. The second-order valence-electron chi connectivity index (χ2n) is 4.14. The molecular weight excluding hydrogens is 292 g/mol. The number of hydrogen-bond donors (Lipinski definition) is 1. The molecule has 0 saturated carbocycles. The van der Waals surface area contributed by atoms with Crippen molar-refractivity contribution in [2.45, 2.75) is 0 Å². The maximum atomic E-state index is 12.0. The van der Waals surface area contributed by atoms with Crippen molar-refractivity contribution in [2.75, 3.05) is 5.32 Å². The molecule has 0 bridgehead atoms. The maximum Gasteiger partial charge on any atom is 0.276 e. The highest BCUT2D eigenvalue weighted by molar-refractivity contribution is 6.29. The van der Waals surface area contributed by atoms with Gasteiger partial charge in [0.05, 0.1) is 6.20 Å². The molecular formula is C14H9ClN4O2. The number of carbonyl (C=O) groups excluding carboxylic acids is 1. The highest BCUT2D eigenvalue weighted by Crippen LogP contribution is 2.20. The Morgan fingerprint density at radius 1 is 1.10 bits per heavy atom. The fourth-order valence-electron chi connectivity index (χ4n) is 1.71. The van der Waals surface area contributed by atoms with Crippen LogP contribution in [-0.2, 0) is 0 Å². The second-order valence-corrected chi connectivity index (χ2v) is 4.53. The van der Waals surface area contributed by atoms with Gasteiger partial charge in [0.1, 0.15) is 0 Å². The van der Waals surface area contributed by atoms with Crippen molar-refractivity contribution in [3.8, 4) is 11.3 Å². The lowest BCUT2D eigenvalue weighted by Gasteiger charge is -2.05. The SMILES string of the molecule is O=C(Nc1ccc(-c2cnco2)cc1)c1ccc(Cl)nn1. The summed E-state index contributed by atoms with van der Waals surface area (Å²) in [5.41, 5.74) is 1.70. The summed E-state index contributed by atoms with van der Waals surface area (Å²) in [6, 6.07) is 10.2. The first-order chi connectivity index (χ1) is 10.2. The Kier molecular flexibility index (Phi) is 3.61. The van der Waals surface area contributed by atoms with Crippen molar-refractivity contribution in [3.05, 3.63) is 59.8 Å². The highest BCUT2D eigenvalue weighted by atomic mass is 35.5. The van der Waals surface area contributed by atoms with E-state index >= 15 is 0 Å². The Morgan fingerprint density at radius 3 is 2.52 bits per heavy atom. The van der Waals surface area contributed by atoms with Crippen LogP contribution < -0.4 is 5.32 Å². The molecule has 0 atom stereocenters. The van der Waals surface area contributed by atoms with E-state index in [0.717, 1.165) is 5.56 Å². The zero-order valence-corrected chi connectivity index (χ0v) is 11.4. The van der Waals surface area contributed by atoms with Crippen LogP contribution in [0.2, 0.25) is 5.15 Å². The van der Waals surface area contributed by atoms with E-state index in [0.29, 0.717) is 11.4 Å². The minimum absolute atomic E-state index is 0.193. The van der Waals surface area contributed by atoms with Gasteiger partial charge in [0.15, 0.2) is 23.0 Å². The topological polar surface area (TPSA) is 80.9 Å². The van der Waals surface area contributed by atoms with Crippen molar-refractivity contribution in [3.63, 3.8) is 0 Å². The molecule has 6 nitrogen and oxygen atoms in total. The summed E-state index contributed by atoms with van der Waals surface area (Å²) in [5.74, 6) is 0.308.